The fourth-order valence-corrected chi connectivity index (χ4v) is 1.42. The van der Waals surface area contributed by atoms with Gasteiger partial charge < -0.3 is 10.6 Å². The summed E-state index contributed by atoms with van der Waals surface area (Å²) in [5.41, 5.74) is 1.16. The molecule has 0 aliphatic heterocycles. The van der Waals surface area contributed by atoms with Crippen LogP contribution in [0.4, 0.5) is 5.69 Å². The Morgan fingerprint density at radius 2 is 1.93 bits per heavy atom. The summed E-state index contributed by atoms with van der Waals surface area (Å²) >= 11 is 0. The molecule has 0 saturated heterocycles. The van der Waals surface area contributed by atoms with E-state index in [0.717, 1.165) is 12.1 Å². The number of nitrogens with one attached hydrogen (secondary N) is 2. The van der Waals surface area contributed by atoms with Crippen LogP contribution in [0.3, 0.4) is 0 Å². The van der Waals surface area contributed by atoms with Crippen LogP contribution in [0.1, 0.15) is 11.6 Å². The molecule has 5 heteroatoms. The Morgan fingerprint density at radius 3 is 2.33 bits per heavy atom. The van der Waals surface area contributed by atoms with Crippen LogP contribution in [0.15, 0.2) is 24.3 Å². The maximum atomic E-state index is 10.5. The first-order valence-electron chi connectivity index (χ1n) is 4.75. The van der Waals surface area contributed by atoms with Gasteiger partial charge in [0.2, 0.25) is 0 Å². The predicted octanol–water partition coefficient (Wildman–Crippen LogP) is 1.07. The van der Waals surface area contributed by atoms with Crippen LogP contribution in [0.2, 0.25) is 0 Å². The molecule has 0 aliphatic carbocycles. The van der Waals surface area contributed by atoms with Gasteiger partial charge in [-0.15, -0.1) is 0 Å². The van der Waals surface area contributed by atoms with Gasteiger partial charge in [-0.25, -0.2) is 0 Å². The standard InChI is InChI=1S/C10H15N3O2/c1-11-7-10(12-2)8-3-5-9(6-4-8)13(14)15/h3-6,10-12H,7H2,1-2H3/t10-/m1/s1. The average Bonchev–Trinajstić information content (AvgIpc) is 2.26. The monoisotopic (exact) mass is 209 g/mol. The second-order valence-corrected chi connectivity index (χ2v) is 3.25. The maximum Gasteiger partial charge on any atom is 0.269 e. The molecule has 2 N–H and O–H groups in total. The molecule has 0 aromatic heterocycles. The van der Waals surface area contributed by atoms with Gasteiger partial charge in [-0.2, -0.15) is 0 Å². The third-order valence-corrected chi connectivity index (χ3v) is 2.26. The Labute approximate surface area is 88.6 Å². The van der Waals surface area contributed by atoms with Crippen molar-refractivity contribution in [2.45, 2.75) is 6.04 Å². The molecular formula is C10H15N3O2. The molecule has 0 aliphatic rings. The Morgan fingerprint density at radius 1 is 1.33 bits per heavy atom. The van der Waals surface area contributed by atoms with Crippen LogP contribution in [0, 0.1) is 10.1 Å². The second kappa shape index (κ2) is 5.43. The quantitative estimate of drug-likeness (QED) is 0.562. The smallest absolute Gasteiger partial charge is 0.269 e. The van der Waals surface area contributed by atoms with Gasteiger partial charge in [-0.1, -0.05) is 12.1 Å². The summed E-state index contributed by atoms with van der Waals surface area (Å²) in [5.74, 6) is 0. The number of hydrogen-bond acceptors (Lipinski definition) is 4. The predicted molar refractivity (Wildman–Crippen MR) is 58.8 cm³/mol. The van der Waals surface area contributed by atoms with Crippen molar-refractivity contribution in [3.8, 4) is 0 Å². The molecule has 0 amide bonds. The number of likely N-dealkylation sites (N-methyl/N-ethyl adjacent to an activating group) is 2. The normalized spacial score (nSPS) is 12.4. The molecule has 0 heterocycles. The average molecular weight is 209 g/mol. The summed E-state index contributed by atoms with van der Waals surface area (Å²) in [5, 5.41) is 16.6. The molecule has 82 valence electrons. The van der Waals surface area contributed by atoms with Gasteiger partial charge in [0.05, 0.1) is 4.92 Å². The van der Waals surface area contributed by atoms with Crippen LogP contribution >= 0.6 is 0 Å². The molecule has 0 radical (unpaired) electrons. The first kappa shape index (κ1) is 11.6. The van der Waals surface area contributed by atoms with E-state index in [2.05, 4.69) is 10.6 Å². The highest BCUT2D eigenvalue weighted by atomic mass is 16.6. The minimum atomic E-state index is -0.393. The van der Waals surface area contributed by atoms with Crippen molar-refractivity contribution >= 4 is 5.69 Å². The second-order valence-electron chi connectivity index (χ2n) is 3.25. The van der Waals surface area contributed by atoms with Crippen LogP contribution in [0.5, 0.6) is 0 Å². The largest absolute Gasteiger partial charge is 0.318 e. The van der Waals surface area contributed by atoms with Crippen LogP contribution in [0.25, 0.3) is 0 Å². The van der Waals surface area contributed by atoms with Gasteiger partial charge in [0.1, 0.15) is 0 Å². The summed E-state index contributed by atoms with van der Waals surface area (Å²) in [6.45, 7) is 0.786. The molecule has 5 nitrogen and oxygen atoms in total. The zero-order chi connectivity index (χ0) is 11.3. The molecule has 15 heavy (non-hydrogen) atoms. The molecule has 1 aromatic rings. The molecule has 1 atom stereocenters. The fourth-order valence-electron chi connectivity index (χ4n) is 1.42. The third kappa shape index (κ3) is 3.00. The van der Waals surface area contributed by atoms with Crippen molar-refractivity contribution < 1.29 is 4.92 Å². The number of nitrogens with zero attached hydrogens (tertiary/aromatic N) is 1. The lowest BCUT2D eigenvalue weighted by Gasteiger charge is -2.15. The van der Waals surface area contributed by atoms with Gasteiger partial charge in [0.25, 0.3) is 5.69 Å². The topological polar surface area (TPSA) is 67.2 Å². The Hall–Kier alpha value is -1.46. The summed E-state index contributed by atoms with van der Waals surface area (Å²) < 4.78 is 0. The number of benzene rings is 1. The third-order valence-electron chi connectivity index (χ3n) is 2.26. The molecule has 0 saturated carbocycles. The van der Waals surface area contributed by atoms with Crippen molar-refractivity contribution in [2.75, 3.05) is 20.6 Å². The number of non-ortho nitro benzene ring substituents is 1. The highest BCUT2D eigenvalue weighted by Crippen LogP contribution is 2.16. The minimum absolute atomic E-state index is 0.123. The van der Waals surface area contributed by atoms with E-state index < -0.39 is 4.92 Å². The number of rotatable bonds is 5. The fraction of sp³-hybridized carbons (Fsp3) is 0.400. The molecule has 1 aromatic carbocycles. The van der Waals surface area contributed by atoms with E-state index in [9.17, 15) is 10.1 Å². The Balaban J connectivity index is 2.81. The van der Waals surface area contributed by atoms with E-state index in [0.29, 0.717) is 0 Å². The molecule has 0 bridgehead atoms. The number of nitro benzene ring substituents is 1. The zero-order valence-electron chi connectivity index (χ0n) is 8.86. The van der Waals surface area contributed by atoms with E-state index in [1.807, 2.05) is 14.1 Å². The van der Waals surface area contributed by atoms with Crippen molar-refractivity contribution in [3.05, 3.63) is 39.9 Å². The van der Waals surface area contributed by atoms with E-state index in [4.69, 9.17) is 0 Å². The van der Waals surface area contributed by atoms with Gasteiger partial charge in [0, 0.05) is 24.7 Å². The van der Waals surface area contributed by atoms with Gasteiger partial charge in [0.15, 0.2) is 0 Å². The first-order valence-corrected chi connectivity index (χ1v) is 4.75. The van der Waals surface area contributed by atoms with E-state index in [1.54, 1.807) is 12.1 Å². The van der Waals surface area contributed by atoms with Gasteiger partial charge >= 0.3 is 0 Å². The molecule has 0 unspecified atom stereocenters. The molecular weight excluding hydrogens is 194 g/mol. The molecule has 1 rings (SSSR count). The van der Waals surface area contributed by atoms with Crippen molar-refractivity contribution in [1.29, 1.82) is 0 Å². The van der Waals surface area contributed by atoms with Gasteiger partial charge in [-0.05, 0) is 19.7 Å². The zero-order valence-corrected chi connectivity index (χ0v) is 8.86. The Bertz CT molecular complexity index is 324. The highest BCUT2D eigenvalue weighted by molar-refractivity contribution is 5.34. The van der Waals surface area contributed by atoms with Gasteiger partial charge in [-0.3, -0.25) is 10.1 Å². The van der Waals surface area contributed by atoms with E-state index in [-0.39, 0.29) is 11.7 Å². The summed E-state index contributed by atoms with van der Waals surface area (Å²) in [6, 6.07) is 6.77. The summed E-state index contributed by atoms with van der Waals surface area (Å²) in [7, 11) is 3.74. The lowest BCUT2D eigenvalue weighted by atomic mass is 10.1. The summed E-state index contributed by atoms with van der Waals surface area (Å²) in [4.78, 5) is 10.1. The van der Waals surface area contributed by atoms with Crippen molar-refractivity contribution in [3.63, 3.8) is 0 Å². The SMILES string of the molecule is CNC[C@@H](NC)c1ccc([N+](=O)[O-])cc1. The molecule has 0 fully saturated rings. The highest BCUT2D eigenvalue weighted by Gasteiger charge is 2.10. The number of nitro groups is 1. The van der Waals surface area contributed by atoms with Crippen molar-refractivity contribution in [1.82, 2.24) is 10.6 Å². The van der Waals surface area contributed by atoms with E-state index >= 15 is 0 Å². The maximum absolute atomic E-state index is 10.5. The minimum Gasteiger partial charge on any atom is -0.318 e. The van der Waals surface area contributed by atoms with Crippen molar-refractivity contribution in [2.24, 2.45) is 0 Å². The number of hydrogen-bond donors (Lipinski definition) is 2. The lowest BCUT2D eigenvalue weighted by molar-refractivity contribution is -0.384. The van der Waals surface area contributed by atoms with Crippen LogP contribution < -0.4 is 10.6 Å². The van der Waals surface area contributed by atoms with Crippen LogP contribution in [-0.4, -0.2) is 25.6 Å². The lowest BCUT2D eigenvalue weighted by Crippen LogP contribution is -2.27. The molecule has 0 spiro atoms. The Kier molecular flexibility index (Phi) is 4.20. The van der Waals surface area contributed by atoms with Crippen LogP contribution in [-0.2, 0) is 0 Å². The first-order chi connectivity index (χ1) is 7.19. The summed E-state index contributed by atoms with van der Waals surface area (Å²) in [6.07, 6.45) is 0. The van der Waals surface area contributed by atoms with E-state index in [1.165, 1.54) is 12.1 Å².